The molecule has 0 saturated heterocycles. The first-order valence-corrected chi connectivity index (χ1v) is 9.17. The van der Waals surface area contributed by atoms with Crippen LogP contribution in [0.4, 0.5) is 4.39 Å². The van der Waals surface area contributed by atoms with E-state index in [1.54, 1.807) is 23.5 Å². The number of nitrogens with zero attached hydrogens (tertiary/aromatic N) is 2. The minimum absolute atomic E-state index is 0.196. The fraction of sp³-hybridized carbons (Fsp3) is 0.444. The molecular weight excluding hydrogens is 323 g/mol. The molecule has 4 nitrogen and oxygen atoms in total. The smallest absolute Gasteiger partial charge is 0.191 e. The summed E-state index contributed by atoms with van der Waals surface area (Å²) in [6, 6.07) is 6.69. The zero-order valence-electron chi connectivity index (χ0n) is 14.5. The Morgan fingerprint density at radius 1 is 1.33 bits per heavy atom. The fourth-order valence-electron chi connectivity index (χ4n) is 2.17. The SMILES string of the molecule is CCNC(=NCc1nc(C(C)C)cs1)NCCc1cccc(F)c1. The lowest BCUT2D eigenvalue weighted by molar-refractivity contribution is 0.625. The summed E-state index contributed by atoms with van der Waals surface area (Å²) in [4.78, 5) is 9.17. The fourth-order valence-corrected chi connectivity index (χ4v) is 3.05. The Morgan fingerprint density at radius 2 is 2.17 bits per heavy atom. The van der Waals surface area contributed by atoms with Crippen LogP contribution >= 0.6 is 11.3 Å². The topological polar surface area (TPSA) is 49.3 Å². The van der Waals surface area contributed by atoms with E-state index in [4.69, 9.17) is 0 Å². The molecule has 0 aliphatic heterocycles. The molecule has 1 aromatic carbocycles. The third-order valence-electron chi connectivity index (χ3n) is 3.47. The van der Waals surface area contributed by atoms with Gasteiger partial charge in [0.15, 0.2) is 5.96 Å². The Morgan fingerprint density at radius 3 is 2.83 bits per heavy atom. The molecule has 0 amide bonds. The number of aromatic nitrogens is 1. The van der Waals surface area contributed by atoms with Crippen LogP contribution in [0.5, 0.6) is 0 Å². The van der Waals surface area contributed by atoms with Gasteiger partial charge < -0.3 is 10.6 Å². The van der Waals surface area contributed by atoms with Gasteiger partial charge >= 0.3 is 0 Å². The molecule has 0 atom stereocenters. The summed E-state index contributed by atoms with van der Waals surface area (Å²) in [5, 5.41) is 9.62. The number of aliphatic imine (C=N–C) groups is 1. The Kier molecular flexibility index (Phi) is 7.18. The maximum Gasteiger partial charge on any atom is 0.191 e. The number of benzene rings is 1. The van der Waals surface area contributed by atoms with Crippen molar-refractivity contribution >= 4 is 17.3 Å². The van der Waals surface area contributed by atoms with Gasteiger partial charge in [0.05, 0.1) is 12.2 Å². The van der Waals surface area contributed by atoms with E-state index < -0.39 is 0 Å². The second-order valence-corrected chi connectivity index (χ2v) is 6.77. The van der Waals surface area contributed by atoms with Crippen molar-refractivity contribution in [2.45, 2.75) is 39.7 Å². The zero-order valence-corrected chi connectivity index (χ0v) is 15.3. The van der Waals surface area contributed by atoms with E-state index in [1.807, 2.05) is 13.0 Å². The van der Waals surface area contributed by atoms with Gasteiger partial charge in [-0.05, 0) is 37.0 Å². The Bertz CT molecular complexity index is 667. The molecule has 0 unspecified atom stereocenters. The van der Waals surface area contributed by atoms with Crippen molar-refractivity contribution in [1.82, 2.24) is 15.6 Å². The molecule has 6 heteroatoms. The lowest BCUT2D eigenvalue weighted by Crippen LogP contribution is -2.38. The van der Waals surface area contributed by atoms with Crippen LogP contribution in [0.25, 0.3) is 0 Å². The van der Waals surface area contributed by atoms with Gasteiger partial charge in [-0.15, -0.1) is 11.3 Å². The first-order valence-electron chi connectivity index (χ1n) is 8.29. The van der Waals surface area contributed by atoms with Crippen molar-refractivity contribution in [3.05, 3.63) is 51.7 Å². The van der Waals surface area contributed by atoms with Gasteiger partial charge in [0, 0.05) is 18.5 Å². The highest BCUT2D eigenvalue weighted by Crippen LogP contribution is 2.18. The normalized spacial score (nSPS) is 11.8. The highest BCUT2D eigenvalue weighted by Gasteiger charge is 2.05. The number of hydrogen-bond acceptors (Lipinski definition) is 3. The number of hydrogen-bond donors (Lipinski definition) is 2. The number of guanidine groups is 1. The summed E-state index contributed by atoms with van der Waals surface area (Å²) in [6.45, 7) is 8.36. The maximum atomic E-state index is 13.2. The highest BCUT2D eigenvalue weighted by atomic mass is 32.1. The average molecular weight is 348 g/mol. The third kappa shape index (κ3) is 5.92. The predicted molar refractivity (Wildman–Crippen MR) is 99.1 cm³/mol. The molecule has 0 saturated carbocycles. The van der Waals surface area contributed by atoms with Crippen LogP contribution in [0, 0.1) is 5.82 Å². The van der Waals surface area contributed by atoms with Crippen LogP contribution in [0.3, 0.4) is 0 Å². The molecule has 2 N–H and O–H groups in total. The van der Waals surface area contributed by atoms with Crippen LogP contribution in [0.1, 0.15) is 43.0 Å². The van der Waals surface area contributed by atoms with Crippen LogP contribution in [0.15, 0.2) is 34.6 Å². The van der Waals surface area contributed by atoms with Crippen molar-refractivity contribution in [2.24, 2.45) is 4.99 Å². The molecule has 24 heavy (non-hydrogen) atoms. The summed E-state index contributed by atoms with van der Waals surface area (Å²) in [7, 11) is 0. The Labute approximate surface area is 147 Å². The van der Waals surface area contributed by atoms with E-state index in [0.717, 1.165) is 35.2 Å². The van der Waals surface area contributed by atoms with Gasteiger partial charge in [0.2, 0.25) is 0 Å². The molecule has 0 spiro atoms. The van der Waals surface area contributed by atoms with E-state index in [0.29, 0.717) is 19.0 Å². The van der Waals surface area contributed by atoms with Crippen molar-refractivity contribution in [1.29, 1.82) is 0 Å². The number of halogens is 1. The van der Waals surface area contributed by atoms with Crippen molar-refractivity contribution in [3.8, 4) is 0 Å². The predicted octanol–water partition coefficient (Wildman–Crippen LogP) is 3.70. The molecule has 1 heterocycles. The first-order chi connectivity index (χ1) is 11.6. The highest BCUT2D eigenvalue weighted by molar-refractivity contribution is 7.09. The van der Waals surface area contributed by atoms with Gasteiger partial charge in [-0.3, -0.25) is 0 Å². The summed E-state index contributed by atoms with van der Waals surface area (Å²) in [6.07, 6.45) is 0.747. The lowest BCUT2D eigenvalue weighted by atomic mass is 10.1. The van der Waals surface area contributed by atoms with Crippen LogP contribution in [-0.2, 0) is 13.0 Å². The zero-order chi connectivity index (χ0) is 17.4. The summed E-state index contributed by atoms with van der Waals surface area (Å²) in [5.74, 6) is 1.00. The minimum atomic E-state index is -0.196. The Balaban J connectivity index is 1.87. The maximum absolute atomic E-state index is 13.2. The van der Waals surface area contributed by atoms with Gasteiger partial charge in [0.25, 0.3) is 0 Å². The third-order valence-corrected chi connectivity index (χ3v) is 4.32. The molecule has 0 fully saturated rings. The quantitative estimate of drug-likeness (QED) is 0.592. The molecule has 1 aromatic heterocycles. The number of nitrogens with one attached hydrogen (secondary N) is 2. The van der Waals surface area contributed by atoms with E-state index in [9.17, 15) is 4.39 Å². The monoisotopic (exact) mass is 348 g/mol. The van der Waals surface area contributed by atoms with Gasteiger partial charge in [-0.1, -0.05) is 26.0 Å². The van der Waals surface area contributed by atoms with Crippen molar-refractivity contribution in [3.63, 3.8) is 0 Å². The van der Waals surface area contributed by atoms with Gasteiger partial charge in [0.1, 0.15) is 10.8 Å². The summed E-state index contributed by atoms with van der Waals surface area (Å²) >= 11 is 1.64. The Hall–Kier alpha value is -1.95. The standard InChI is InChI=1S/C18H25FN4S/c1-4-20-18(21-9-8-14-6-5-7-15(19)10-14)22-11-17-23-16(12-24-17)13(2)3/h5-7,10,12-13H,4,8-9,11H2,1-3H3,(H2,20,21,22). The van der Waals surface area contributed by atoms with Crippen molar-refractivity contribution in [2.75, 3.05) is 13.1 Å². The average Bonchev–Trinajstić information content (AvgIpc) is 3.02. The van der Waals surface area contributed by atoms with E-state index in [-0.39, 0.29) is 5.82 Å². The molecule has 0 aliphatic rings. The largest absolute Gasteiger partial charge is 0.357 e. The first kappa shape index (κ1) is 18.4. The lowest BCUT2D eigenvalue weighted by Gasteiger charge is -2.11. The number of thiazole rings is 1. The van der Waals surface area contributed by atoms with Crippen LogP contribution < -0.4 is 10.6 Å². The van der Waals surface area contributed by atoms with Crippen molar-refractivity contribution < 1.29 is 4.39 Å². The second kappa shape index (κ2) is 9.37. The molecule has 130 valence electrons. The molecular formula is C18H25FN4S. The summed E-state index contributed by atoms with van der Waals surface area (Å²) in [5.41, 5.74) is 2.09. The van der Waals surface area contributed by atoms with Crippen LogP contribution in [0.2, 0.25) is 0 Å². The number of rotatable bonds is 7. The molecule has 0 aliphatic carbocycles. The van der Waals surface area contributed by atoms with E-state index >= 15 is 0 Å². The molecule has 2 rings (SSSR count). The van der Waals surface area contributed by atoms with Gasteiger partial charge in [-0.2, -0.15) is 0 Å². The van der Waals surface area contributed by atoms with E-state index in [1.165, 1.54) is 6.07 Å². The van der Waals surface area contributed by atoms with Gasteiger partial charge in [-0.25, -0.2) is 14.4 Å². The molecule has 2 aromatic rings. The van der Waals surface area contributed by atoms with Crippen LogP contribution in [-0.4, -0.2) is 24.0 Å². The summed E-state index contributed by atoms with van der Waals surface area (Å²) < 4.78 is 13.2. The second-order valence-electron chi connectivity index (χ2n) is 5.82. The molecule has 0 radical (unpaired) electrons. The molecule has 0 bridgehead atoms. The van der Waals surface area contributed by atoms with E-state index in [2.05, 4.69) is 39.8 Å². The minimum Gasteiger partial charge on any atom is -0.357 e.